The van der Waals surface area contributed by atoms with Crippen LogP contribution < -0.4 is 0 Å². The van der Waals surface area contributed by atoms with Gasteiger partial charge in [0, 0.05) is 6.61 Å². The third kappa shape index (κ3) is 2.12. The number of aliphatic hydroxyl groups excluding tert-OH is 1. The first kappa shape index (κ1) is 10.7. The molecule has 0 fully saturated rings. The highest BCUT2D eigenvalue weighted by molar-refractivity contribution is 5.33. The summed E-state index contributed by atoms with van der Waals surface area (Å²) in [4.78, 5) is 0. The second-order valence-electron chi connectivity index (χ2n) is 3.78. The lowest BCUT2D eigenvalue weighted by Crippen LogP contribution is -2.20. The van der Waals surface area contributed by atoms with Gasteiger partial charge in [0.15, 0.2) is 0 Å². The highest BCUT2D eigenvalue weighted by Crippen LogP contribution is 2.26. The Kier molecular flexibility index (Phi) is 3.27. The van der Waals surface area contributed by atoms with Crippen LogP contribution >= 0.6 is 0 Å². The van der Waals surface area contributed by atoms with Gasteiger partial charge in [-0.25, -0.2) is 0 Å². The van der Waals surface area contributed by atoms with E-state index < -0.39 is 5.41 Å². The van der Waals surface area contributed by atoms with Crippen molar-refractivity contribution >= 4 is 0 Å². The molecule has 0 amide bonds. The third-order valence-corrected chi connectivity index (χ3v) is 2.55. The highest BCUT2D eigenvalue weighted by atomic mass is 16.3. The lowest BCUT2D eigenvalue weighted by molar-refractivity contribution is 0.264. The van der Waals surface area contributed by atoms with Gasteiger partial charge in [-0.05, 0) is 25.8 Å². The Morgan fingerprint density at radius 2 is 1.93 bits per heavy atom. The van der Waals surface area contributed by atoms with Crippen LogP contribution in [0.4, 0.5) is 0 Å². The van der Waals surface area contributed by atoms with Crippen LogP contribution in [0, 0.1) is 18.3 Å². The Balaban J connectivity index is 3.01. The maximum absolute atomic E-state index is 9.08. The number of hydrogen-bond acceptors (Lipinski definition) is 2. The Hall–Kier alpha value is -1.33. The zero-order valence-electron chi connectivity index (χ0n) is 8.62. The van der Waals surface area contributed by atoms with E-state index in [1.807, 2.05) is 38.1 Å². The van der Waals surface area contributed by atoms with Crippen molar-refractivity contribution in [3.8, 4) is 6.07 Å². The molecule has 0 saturated heterocycles. The molecule has 0 saturated carbocycles. The van der Waals surface area contributed by atoms with Gasteiger partial charge in [0.2, 0.25) is 0 Å². The number of aryl methyl sites for hydroxylation is 1. The van der Waals surface area contributed by atoms with E-state index in [4.69, 9.17) is 10.4 Å². The predicted molar refractivity (Wildman–Crippen MR) is 55.8 cm³/mol. The van der Waals surface area contributed by atoms with Crippen LogP contribution in [0.1, 0.15) is 24.5 Å². The number of nitriles is 1. The number of nitrogens with zero attached hydrogens (tertiary/aromatic N) is 1. The minimum atomic E-state index is -0.567. The maximum Gasteiger partial charge on any atom is 0.0816 e. The molecular weight excluding hydrogens is 174 g/mol. The monoisotopic (exact) mass is 189 g/mol. The fraction of sp³-hybridized carbons (Fsp3) is 0.417. The molecule has 0 aromatic heterocycles. The predicted octanol–water partition coefficient (Wildman–Crippen LogP) is 2.16. The zero-order chi connectivity index (χ0) is 10.6. The van der Waals surface area contributed by atoms with Gasteiger partial charge in [0.25, 0.3) is 0 Å². The second kappa shape index (κ2) is 4.26. The molecule has 14 heavy (non-hydrogen) atoms. The lowest BCUT2D eigenvalue weighted by atomic mass is 9.81. The molecule has 0 heterocycles. The highest BCUT2D eigenvalue weighted by Gasteiger charge is 2.25. The van der Waals surface area contributed by atoms with Crippen LogP contribution in [0.5, 0.6) is 0 Å². The number of rotatable bonds is 3. The molecule has 74 valence electrons. The van der Waals surface area contributed by atoms with Crippen molar-refractivity contribution in [1.29, 1.82) is 5.26 Å². The van der Waals surface area contributed by atoms with E-state index in [0.29, 0.717) is 6.42 Å². The summed E-state index contributed by atoms with van der Waals surface area (Å²) in [5.41, 5.74) is 1.58. The SMILES string of the molecule is Cc1ccc([C@](C)(C#N)CCO)cc1. The zero-order valence-corrected chi connectivity index (χ0v) is 8.62. The molecule has 1 atom stereocenters. The van der Waals surface area contributed by atoms with E-state index in [0.717, 1.165) is 5.56 Å². The molecule has 0 spiro atoms. The number of hydrogen-bond donors (Lipinski definition) is 1. The number of benzene rings is 1. The Labute approximate surface area is 84.8 Å². The Bertz CT molecular complexity index is 336. The smallest absolute Gasteiger partial charge is 0.0816 e. The first-order chi connectivity index (χ1) is 6.62. The topological polar surface area (TPSA) is 44.0 Å². The van der Waals surface area contributed by atoms with E-state index in [-0.39, 0.29) is 6.61 Å². The van der Waals surface area contributed by atoms with Crippen LogP contribution in [-0.2, 0) is 5.41 Å². The minimum absolute atomic E-state index is 0.0396. The van der Waals surface area contributed by atoms with Crippen molar-refractivity contribution in [3.63, 3.8) is 0 Å². The summed E-state index contributed by atoms with van der Waals surface area (Å²) in [5, 5.41) is 18.0. The van der Waals surface area contributed by atoms with Crippen molar-refractivity contribution in [2.45, 2.75) is 25.7 Å². The minimum Gasteiger partial charge on any atom is -0.396 e. The summed E-state index contributed by atoms with van der Waals surface area (Å²) in [6.07, 6.45) is 0.479. The van der Waals surface area contributed by atoms with Crippen LogP contribution in [0.3, 0.4) is 0 Å². The van der Waals surface area contributed by atoms with Crippen LogP contribution in [0.15, 0.2) is 24.3 Å². The fourth-order valence-electron chi connectivity index (χ4n) is 1.41. The van der Waals surface area contributed by atoms with E-state index in [1.54, 1.807) is 0 Å². The van der Waals surface area contributed by atoms with Gasteiger partial charge in [-0.15, -0.1) is 0 Å². The largest absolute Gasteiger partial charge is 0.396 e. The van der Waals surface area contributed by atoms with Gasteiger partial charge in [-0.3, -0.25) is 0 Å². The molecule has 2 heteroatoms. The van der Waals surface area contributed by atoms with E-state index in [9.17, 15) is 0 Å². The van der Waals surface area contributed by atoms with Gasteiger partial charge in [0.1, 0.15) is 0 Å². The fourth-order valence-corrected chi connectivity index (χ4v) is 1.41. The second-order valence-corrected chi connectivity index (χ2v) is 3.78. The molecule has 1 rings (SSSR count). The molecule has 0 aliphatic carbocycles. The van der Waals surface area contributed by atoms with Gasteiger partial charge in [-0.2, -0.15) is 5.26 Å². The Morgan fingerprint density at radius 3 is 2.36 bits per heavy atom. The van der Waals surface area contributed by atoms with Gasteiger partial charge in [0.05, 0.1) is 11.5 Å². The van der Waals surface area contributed by atoms with Crippen LogP contribution in [0.2, 0.25) is 0 Å². The maximum atomic E-state index is 9.08. The van der Waals surface area contributed by atoms with E-state index in [1.165, 1.54) is 5.56 Å². The Morgan fingerprint density at radius 1 is 1.36 bits per heavy atom. The normalized spacial score (nSPS) is 14.4. The first-order valence-corrected chi connectivity index (χ1v) is 4.71. The average Bonchev–Trinajstić information content (AvgIpc) is 2.19. The molecule has 0 radical (unpaired) electrons. The first-order valence-electron chi connectivity index (χ1n) is 4.71. The summed E-state index contributed by atoms with van der Waals surface area (Å²) in [6.45, 7) is 3.91. The third-order valence-electron chi connectivity index (χ3n) is 2.55. The number of aliphatic hydroxyl groups is 1. The molecule has 1 aromatic carbocycles. The van der Waals surface area contributed by atoms with Crippen molar-refractivity contribution in [2.75, 3.05) is 6.61 Å². The molecule has 0 unspecified atom stereocenters. The van der Waals surface area contributed by atoms with Gasteiger partial charge >= 0.3 is 0 Å². The van der Waals surface area contributed by atoms with Gasteiger partial charge in [-0.1, -0.05) is 29.8 Å². The van der Waals surface area contributed by atoms with Crippen molar-refractivity contribution in [3.05, 3.63) is 35.4 Å². The van der Waals surface area contributed by atoms with Crippen LogP contribution in [0.25, 0.3) is 0 Å². The summed E-state index contributed by atoms with van der Waals surface area (Å²) in [6, 6.07) is 10.1. The summed E-state index contributed by atoms with van der Waals surface area (Å²) in [7, 11) is 0. The molecule has 0 aliphatic rings. The molecule has 1 N–H and O–H groups in total. The van der Waals surface area contributed by atoms with Gasteiger partial charge < -0.3 is 5.11 Å². The molecular formula is C12H15NO. The quantitative estimate of drug-likeness (QED) is 0.791. The standard InChI is InChI=1S/C12H15NO/c1-10-3-5-11(6-4-10)12(2,9-13)7-8-14/h3-6,14H,7-8H2,1-2H3/t12-/m0/s1. The van der Waals surface area contributed by atoms with E-state index in [2.05, 4.69) is 6.07 Å². The molecule has 2 nitrogen and oxygen atoms in total. The molecule has 0 bridgehead atoms. The molecule has 1 aromatic rings. The average molecular weight is 189 g/mol. The van der Waals surface area contributed by atoms with E-state index >= 15 is 0 Å². The lowest BCUT2D eigenvalue weighted by Gasteiger charge is -2.20. The summed E-state index contributed by atoms with van der Waals surface area (Å²) < 4.78 is 0. The van der Waals surface area contributed by atoms with Crippen molar-refractivity contribution in [2.24, 2.45) is 0 Å². The molecule has 0 aliphatic heterocycles. The van der Waals surface area contributed by atoms with Crippen molar-refractivity contribution in [1.82, 2.24) is 0 Å². The van der Waals surface area contributed by atoms with Crippen molar-refractivity contribution < 1.29 is 5.11 Å². The summed E-state index contributed by atoms with van der Waals surface area (Å²) >= 11 is 0. The van der Waals surface area contributed by atoms with Crippen LogP contribution in [-0.4, -0.2) is 11.7 Å². The summed E-state index contributed by atoms with van der Waals surface area (Å²) in [5.74, 6) is 0.